The highest BCUT2D eigenvalue weighted by Gasteiger charge is 2.41. The maximum absolute atomic E-state index is 15.3. The Morgan fingerprint density at radius 2 is 1.50 bits per heavy atom. The summed E-state index contributed by atoms with van der Waals surface area (Å²) < 4.78 is 17.3. The van der Waals surface area contributed by atoms with Gasteiger partial charge in [0, 0.05) is 24.0 Å². The number of benzene rings is 5. The van der Waals surface area contributed by atoms with E-state index in [0.29, 0.717) is 49.2 Å². The Balaban J connectivity index is 1.38. The minimum absolute atomic E-state index is 0.154. The molecule has 264 valence electrons. The maximum Gasteiger partial charge on any atom is 0.404 e. The van der Waals surface area contributed by atoms with Crippen LogP contribution in [0.15, 0.2) is 127 Å². The van der Waals surface area contributed by atoms with Gasteiger partial charge in [-0.05, 0) is 78.9 Å². The molecule has 10 heteroatoms. The third-order valence-electron chi connectivity index (χ3n) is 9.87. The van der Waals surface area contributed by atoms with E-state index in [9.17, 15) is 9.59 Å². The minimum Gasteiger partial charge on any atom is -0.465 e. The molecule has 1 aliphatic rings. The van der Waals surface area contributed by atoms with Crippen LogP contribution in [0, 0.1) is 11.7 Å². The summed E-state index contributed by atoms with van der Waals surface area (Å²) in [6.07, 6.45) is 1.16. The maximum atomic E-state index is 15.3. The molecular weight excluding hydrogens is 677 g/mol. The predicted molar refractivity (Wildman–Crippen MR) is 203 cm³/mol. The van der Waals surface area contributed by atoms with Gasteiger partial charge in [-0.25, -0.2) is 13.9 Å². The van der Waals surface area contributed by atoms with Gasteiger partial charge in [-0.15, -0.1) is 0 Å². The summed E-state index contributed by atoms with van der Waals surface area (Å²) in [6.45, 7) is 2.43. The smallest absolute Gasteiger partial charge is 0.404 e. The highest BCUT2D eigenvalue weighted by molar-refractivity contribution is 6.33. The van der Waals surface area contributed by atoms with Gasteiger partial charge >= 0.3 is 6.09 Å². The zero-order valence-corrected chi connectivity index (χ0v) is 29.3. The van der Waals surface area contributed by atoms with E-state index in [4.69, 9.17) is 21.8 Å². The number of hydrogen-bond donors (Lipinski definition) is 3. The zero-order chi connectivity index (χ0) is 36.1. The number of carboxylic acid groups (broad SMARTS) is 1. The third-order valence-corrected chi connectivity index (χ3v) is 10.2. The molecule has 1 fully saturated rings. The number of nitrogens with one attached hydrogen (secondary N) is 2. The number of amides is 2. The van der Waals surface area contributed by atoms with Gasteiger partial charge in [-0.3, -0.25) is 4.79 Å². The average Bonchev–Trinajstić information content (AvgIpc) is 3.52. The van der Waals surface area contributed by atoms with Crippen LogP contribution in [0.25, 0.3) is 22.0 Å². The molecule has 52 heavy (non-hydrogen) atoms. The van der Waals surface area contributed by atoms with Crippen molar-refractivity contribution in [3.8, 4) is 11.1 Å². The van der Waals surface area contributed by atoms with Crippen LogP contribution in [0.1, 0.15) is 36.0 Å². The summed E-state index contributed by atoms with van der Waals surface area (Å²) in [7, 11) is 0. The average molecular weight is 716 g/mol. The molecule has 0 radical (unpaired) electrons. The van der Waals surface area contributed by atoms with Crippen LogP contribution in [-0.4, -0.2) is 58.0 Å². The largest absolute Gasteiger partial charge is 0.465 e. The second kappa shape index (κ2) is 15.4. The van der Waals surface area contributed by atoms with E-state index in [1.807, 2.05) is 77.5 Å². The normalized spacial score (nSPS) is 15.0. The lowest BCUT2D eigenvalue weighted by Gasteiger charge is -2.37. The number of carbonyl (C=O) groups excluding carboxylic acids is 1. The number of hydrogen-bond acceptors (Lipinski definition) is 4. The Labute approximate surface area is 306 Å². The summed E-state index contributed by atoms with van der Waals surface area (Å²) in [6, 6.07) is 40.8. The van der Waals surface area contributed by atoms with Crippen molar-refractivity contribution in [1.29, 1.82) is 0 Å². The Hall–Kier alpha value is -5.51. The first-order chi connectivity index (χ1) is 25.4. The van der Waals surface area contributed by atoms with Crippen LogP contribution < -0.4 is 10.6 Å². The fourth-order valence-electron chi connectivity index (χ4n) is 7.49. The molecule has 0 saturated carbocycles. The number of carbonyl (C=O) groups is 2. The van der Waals surface area contributed by atoms with E-state index in [2.05, 4.69) is 51.9 Å². The van der Waals surface area contributed by atoms with E-state index < -0.39 is 17.4 Å². The van der Waals surface area contributed by atoms with E-state index in [0.717, 1.165) is 35.2 Å². The quantitative estimate of drug-likeness (QED) is 0.0922. The molecule has 2 heterocycles. The molecule has 1 saturated heterocycles. The number of rotatable bonds is 11. The van der Waals surface area contributed by atoms with Crippen LogP contribution in [0.3, 0.4) is 0 Å². The lowest BCUT2D eigenvalue weighted by Crippen LogP contribution is -2.42. The van der Waals surface area contributed by atoms with Gasteiger partial charge in [-0.1, -0.05) is 115 Å². The summed E-state index contributed by atoms with van der Waals surface area (Å²) in [5, 5.41) is 20.7. The number of piperidine rings is 1. The number of anilines is 1. The molecule has 6 aromatic rings. The zero-order valence-electron chi connectivity index (χ0n) is 28.5. The Kier molecular flexibility index (Phi) is 10.3. The molecule has 0 aliphatic carbocycles. The molecule has 2 amide bonds. The van der Waals surface area contributed by atoms with Crippen molar-refractivity contribution >= 4 is 40.3 Å². The van der Waals surface area contributed by atoms with Gasteiger partial charge in [0.15, 0.2) is 5.82 Å². The van der Waals surface area contributed by atoms with Crippen molar-refractivity contribution in [1.82, 2.24) is 20.0 Å². The second-order valence-corrected chi connectivity index (χ2v) is 13.5. The molecule has 7 rings (SSSR count). The van der Waals surface area contributed by atoms with Gasteiger partial charge in [0.1, 0.15) is 11.4 Å². The monoisotopic (exact) mass is 715 g/mol. The van der Waals surface area contributed by atoms with Gasteiger partial charge in [-0.2, -0.15) is 5.10 Å². The van der Waals surface area contributed by atoms with Crippen molar-refractivity contribution in [2.24, 2.45) is 5.92 Å². The Morgan fingerprint density at radius 3 is 2.10 bits per heavy atom. The number of fused-ring (bicyclic) bond motifs is 1. The van der Waals surface area contributed by atoms with E-state index in [-0.39, 0.29) is 22.4 Å². The molecule has 8 nitrogen and oxygen atoms in total. The van der Waals surface area contributed by atoms with Crippen LogP contribution >= 0.6 is 11.6 Å². The van der Waals surface area contributed by atoms with Crippen molar-refractivity contribution < 1.29 is 19.1 Å². The number of nitrogens with zero attached hydrogens (tertiary/aromatic N) is 3. The molecule has 5 aromatic carbocycles. The molecule has 0 spiro atoms. The van der Waals surface area contributed by atoms with Crippen molar-refractivity contribution in [2.45, 2.75) is 24.8 Å². The molecule has 1 aromatic heterocycles. The molecule has 1 unspecified atom stereocenters. The summed E-state index contributed by atoms with van der Waals surface area (Å²) >= 11 is 6.57. The lowest BCUT2D eigenvalue weighted by atomic mass is 9.77. The Morgan fingerprint density at radius 1 is 0.865 bits per heavy atom. The predicted octanol–water partition coefficient (Wildman–Crippen LogP) is 8.64. The van der Waals surface area contributed by atoms with Crippen molar-refractivity contribution in [2.75, 3.05) is 31.5 Å². The number of aromatic nitrogens is 2. The minimum atomic E-state index is -1.04. The summed E-state index contributed by atoms with van der Waals surface area (Å²) in [5.74, 6) is -0.533. The van der Waals surface area contributed by atoms with E-state index in [1.54, 1.807) is 12.1 Å². The molecule has 0 bridgehead atoms. The standard InChI is InChI=1S/C42H39ClFN5O3/c43-35-20-10-21-36(44)38(35)29-22-23-37-34(27-29)39(46-40(50)30-13-11-25-48(28-30)26-12-24-45-41(51)52)47-49(37)42(31-14-4-1-5-15-31,32-16-6-2-7-17-32)33-18-8-3-9-19-33/h1-10,14-23,27,30,45H,11-13,24-26,28H2,(H,51,52)(H,46,47,50). The van der Waals surface area contributed by atoms with Crippen molar-refractivity contribution in [3.63, 3.8) is 0 Å². The highest BCUT2D eigenvalue weighted by Crippen LogP contribution is 2.44. The first-order valence-corrected chi connectivity index (χ1v) is 17.9. The van der Waals surface area contributed by atoms with Crippen LogP contribution in [0.4, 0.5) is 15.0 Å². The van der Waals surface area contributed by atoms with Crippen LogP contribution in [-0.2, 0) is 10.3 Å². The van der Waals surface area contributed by atoms with Gasteiger partial charge < -0.3 is 20.6 Å². The van der Waals surface area contributed by atoms with E-state index >= 15 is 4.39 Å². The molecular formula is C42H39ClFN5O3. The topological polar surface area (TPSA) is 99.5 Å². The first kappa shape index (κ1) is 34.9. The Bertz CT molecular complexity index is 2060. The first-order valence-electron chi connectivity index (χ1n) is 17.5. The van der Waals surface area contributed by atoms with E-state index in [1.165, 1.54) is 6.07 Å². The van der Waals surface area contributed by atoms with Crippen LogP contribution in [0.2, 0.25) is 5.02 Å². The summed E-state index contributed by atoms with van der Waals surface area (Å²) in [5.41, 5.74) is 3.52. The fourth-order valence-corrected chi connectivity index (χ4v) is 7.76. The van der Waals surface area contributed by atoms with Gasteiger partial charge in [0.2, 0.25) is 5.91 Å². The summed E-state index contributed by atoms with van der Waals surface area (Å²) in [4.78, 5) is 27.2. The van der Waals surface area contributed by atoms with Gasteiger partial charge in [0.25, 0.3) is 0 Å². The number of halogens is 2. The number of likely N-dealkylation sites (tertiary alicyclic amines) is 1. The lowest BCUT2D eigenvalue weighted by molar-refractivity contribution is -0.121. The molecule has 3 N–H and O–H groups in total. The fraction of sp³-hybridized carbons (Fsp3) is 0.214. The van der Waals surface area contributed by atoms with Crippen LogP contribution in [0.5, 0.6) is 0 Å². The second-order valence-electron chi connectivity index (χ2n) is 13.1. The highest BCUT2D eigenvalue weighted by atomic mass is 35.5. The van der Waals surface area contributed by atoms with Crippen molar-refractivity contribution in [3.05, 3.63) is 155 Å². The molecule has 1 atom stereocenters. The molecule has 1 aliphatic heterocycles. The van der Waals surface area contributed by atoms with Gasteiger partial charge in [0.05, 0.1) is 16.5 Å². The third kappa shape index (κ3) is 6.89. The SMILES string of the molecule is O=C(O)NCCCN1CCCC(C(=O)Nc2nn(C(c3ccccc3)(c3ccccc3)c3ccccc3)c3ccc(-c4c(F)cccc4Cl)cc23)C1.